The van der Waals surface area contributed by atoms with E-state index < -0.39 is 17.7 Å². The summed E-state index contributed by atoms with van der Waals surface area (Å²) in [4.78, 5) is 1.85. The fraction of sp³-hybridized carbons (Fsp3) is 0.286. The number of aliphatic hydroxyl groups excluding tert-OH is 1. The molecule has 100 valence electrons. The summed E-state index contributed by atoms with van der Waals surface area (Å²) in [6.07, 6.45) is -0.251. The quantitative estimate of drug-likeness (QED) is 0.907. The first-order valence-corrected chi connectivity index (χ1v) is 7.95. The van der Waals surface area contributed by atoms with Crippen LogP contribution in [0.2, 0.25) is 0 Å². The van der Waals surface area contributed by atoms with E-state index in [1.807, 2.05) is 17.8 Å². The Kier molecular flexibility index (Phi) is 3.60. The van der Waals surface area contributed by atoms with E-state index >= 15 is 0 Å². The highest BCUT2D eigenvalue weighted by atomic mass is 32.2. The van der Waals surface area contributed by atoms with Crippen LogP contribution in [-0.4, -0.2) is 10.9 Å². The summed E-state index contributed by atoms with van der Waals surface area (Å²) >= 11 is 3.30. The number of benzene rings is 1. The molecule has 0 saturated heterocycles. The van der Waals surface area contributed by atoms with Crippen LogP contribution in [0.1, 0.15) is 27.0 Å². The topological polar surface area (TPSA) is 20.2 Å². The molecule has 0 saturated carbocycles. The van der Waals surface area contributed by atoms with E-state index in [0.717, 1.165) is 17.9 Å². The maximum Gasteiger partial charge on any atom is 0.132 e. The molecule has 1 nitrogen and oxygen atoms in total. The van der Waals surface area contributed by atoms with Gasteiger partial charge in [-0.15, -0.1) is 11.3 Å². The third-order valence-electron chi connectivity index (χ3n) is 3.19. The second kappa shape index (κ2) is 5.23. The molecule has 19 heavy (non-hydrogen) atoms. The van der Waals surface area contributed by atoms with Gasteiger partial charge in [0.1, 0.15) is 17.7 Å². The molecule has 1 N–H and O–H groups in total. The SMILES string of the molecule is OC(c1cc2c(s1)CCSC2)c1c(F)cccc1F. The van der Waals surface area contributed by atoms with Crippen LogP contribution in [0, 0.1) is 11.6 Å². The van der Waals surface area contributed by atoms with Gasteiger partial charge in [0.25, 0.3) is 0 Å². The van der Waals surface area contributed by atoms with Crippen LogP contribution in [0.4, 0.5) is 8.78 Å². The van der Waals surface area contributed by atoms with Gasteiger partial charge in [0.05, 0.1) is 5.56 Å². The van der Waals surface area contributed by atoms with Gasteiger partial charge in [-0.25, -0.2) is 8.78 Å². The number of hydrogen-bond donors (Lipinski definition) is 1. The summed E-state index contributed by atoms with van der Waals surface area (Å²) in [5, 5.41) is 10.2. The number of fused-ring (bicyclic) bond motifs is 1. The zero-order valence-electron chi connectivity index (χ0n) is 10.0. The van der Waals surface area contributed by atoms with E-state index in [1.54, 1.807) is 0 Å². The second-order valence-corrected chi connectivity index (χ2v) is 6.71. The maximum absolute atomic E-state index is 13.7. The monoisotopic (exact) mass is 298 g/mol. The Balaban J connectivity index is 1.99. The zero-order chi connectivity index (χ0) is 13.4. The maximum atomic E-state index is 13.7. The molecule has 5 heteroatoms. The summed E-state index contributed by atoms with van der Waals surface area (Å²) in [5.41, 5.74) is 0.931. The summed E-state index contributed by atoms with van der Waals surface area (Å²) in [6, 6.07) is 5.52. The summed E-state index contributed by atoms with van der Waals surface area (Å²) in [5.74, 6) is 0.580. The number of rotatable bonds is 2. The molecule has 3 rings (SSSR count). The fourth-order valence-corrected chi connectivity index (χ4v) is 4.59. The standard InChI is InChI=1S/C14H12F2OS2/c15-9-2-1-3-10(16)13(9)14(17)12-6-8-7-18-5-4-11(8)19-12/h1-3,6,14,17H,4-5,7H2. The second-order valence-electron chi connectivity index (χ2n) is 4.44. The predicted octanol–water partition coefficient (Wildman–Crippen LogP) is 3.90. The third-order valence-corrected chi connectivity index (χ3v) is 5.49. The highest BCUT2D eigenvalue weighted by Gasteiger charge is 2.23. The minimum absolute atomic E-state index is 0.256. The fourth-order valence-electron chi connectivity index (χ4n) is 2.22. The lowest BCUT2D eigenvalue weighted by molar-refractivity contribution is 0.212. The van der Waals surface area contributed by atoms with Gasteiger partial charge in [0.15, 0.2) is 0 Å². The van der Waals surface area contributed by atoms with E-state index in [1.165, 1.54) is 40.0 Å². The van der Waals surface area contributed by atoms with Crippen molar-refractivity contribution in [3.63, 3.8) is 0 Å². The molecular formula is C14H12F2OS2. The number of halogens is 2. The Labute approximate surface area is 118 Å². The molecule has 1 aliphatic rings. The van der Waals surface area contributed by atoms with Crippen LogP contribution < -0.4 is 0 Å². The van der Waals surface area contributed by atoms with E-state index in [-0.39, 0.29) is 5.56 Å². The zero-order valence-corrected chi connectivity index (χ0v) is 11.7. The Morgan fingerprint density at radius 2 is 1.95 bits per heavy atom. The van der Waals surface area contributed by atoms with Crippen LogP contribution in [0.15, 0.2) is 24.3 Å². The molecule has 1 aromatic carbocycles. The van der Waals surface area contributed by atoms with Crippen molar-refractivity contribution in [1.82, 2.24) is 0 Å². The van der Waals surface area contributed by atoms with Crippen molar-refractivity contribution in [2.45, 2.75) is 18.3 Å². The van der Waals surface area contributed by atoms with Gasteiger partial charge in [-0.2, -0.15) is 11.8 Å². The van der Waals surface area contributed by atoms with Crippen molar-refractivity contribution in [3.05, 3.63) is 56.8 Å². The molecule has 0 bridgehead atoms. The number of hydrogen-bond acceptors (Lipinski definition) is 3. The van der Waals surface area contributed by atoms with E-state index in [0.29, 0.717) is 4.88 Å². The van der Waals surface area contributed by atoms with Crippen molar-refractivity contribution in [2.24, 2.45) is 0 Å². The summed E-state index contributed by atoms with van der Waals surface area (Å²) in [7, 11) is 0. The Bertz CT molecular complexity index is 566. The molecule has 0 spiro atoms. The molecule has 0 aliphatic carbocycles. The Morgan fingerprint density at radius 1 is 1.21 bits per heavy atom. The molecule has 1 aliphatic heterocycles. The van der Waals surface area contributed by atoms with E-state index in [4.69, 9.17) is 0 Å². The van der Waals surface area contributed by atoms with Gasteiger partial charge < -0.3 is 5.11 Å². The van der Waals surface area contributed by atoms with Crippen LogP contribution >= 0.6 is 23.1 Å². The average Bonchev–Trinajstić information content (AvgIpc) is 2.82. The van der Waals surface area contributed by atoms with E-state index in [2.05, 4.69) is 0 Å². The van der Waals surface area contributed by atoms with Gasteiger partial charge in [0.2, 0.25) is 0 Å². The molecular weight excluding hydrogens is 286 g/mol. The minimum atomic E-state index is -1.22. The van der Waals surface area contributed by atoms with Crippen LogP contribution in [0.25, 0.3) is 0 Å². The van der Waals surface area contributed by atoms with Crippen molar-refractivity contribution in [3.8, 4) is 0 Å². The molecule has 0 fully saturated rings. The highest BCUT2D eigenvalue weighted by molar-refractivity contribution is 7.98. The highest BCUT2D eigenvalue weighted by Crippen LogP contribution is 2.37. The molecule has 1 unspecified atom stereocenters. The van der Waals surface area contributed by atoms with E-state index in [9.17, 15) is 13.9 Å². The normalized spacial score (nSPS) is 16.2. The summed E-state index contributed by atoms with van der Waals surface area (Å²) < 4.78 is 27.3. The molecule has 0 amide bonds. The largest absolute Gasteiger partial charge is 0.383 e. The Morgan fingerprint density at radius 3 is 2.63 bits per heavy atom. The van der Waals surface area contributed by atoms with Crippen molar-refractivity contribution < 1.29 is 13.9 Å². The molecule has 1 aromatic heterocycles. The molecule has 1 atom stereocenters. The number of aliphatic hydroxyl groups is 1. The van der Waals surface area contributed by atoms with Gasteiger partial charge in [-0.05, 0) is 35.9 Å². The first-order valence-electron chi connectivity index (χ1n) is 5.98. The lowest BCUT2D eigenvalue weighted by atomic mass is 10.1. The van der Waals surface area contributed by atoms with Gasteiger partial charge >= 0.3 is 0 Å². The van der Waals surface area contributed by atoms with Gasteiger partial charge in [-0.3, -0.25) is 0 Å². The first kappa shape index (κ1) is 13.1. The third kappa shape index (κ3) is 2.42. The number of thiophene rings is 1. The lowest BCUT2D eigenvalue weighted by Crippen LogP contribution is -2.04. The number of aryl methyl sites for hydroxylation is 1. The van der Waals surface area contributed by atoms with Crippen molar-refractivity contribution in [2.75, 3.05) is 5.75 Å². The van der Waals surface area contributed by atoms with Crippen molar-refractivity contribution in [1.29, 1.82) is 0 Å². The van der Waals surface area contributed by atoms with Crippen LogP contribution in [0.3, 0.4) is 0 Å². The average molecular weight is 298 g/mol. The van der Waals surface area contributed by atoms with Crippen LogP contribution in [-0.2, 0) is 12.2 Å². The predicted molar refractivity (Wildman–Crippen MR) is 74.6 cm³/mol. The molecule has 2 heterocycles. The molecule has 2 aromatic rings. The molecule has 0 radical (unpaired) electrons. The lowest BCUT2D eigenvalue weighted by Gasteiger charge is -2.10. The Hall–Kier alpha value is -0.910. The van der Waals surface area contributed by atoms with Crippen LogP contribution in [0.5, 0.6) is 0 Å². The minimum Gasteiger partial charge on any atom is -0.383 e. The van der Waals surface area contributed by atoms with Crippen molar-refractivity contribution >= 4 is 23.1 Å². The summed E-state index contributed by atoms with van der Waals surface area (Å²) in [6.45, 7) is 0. The smallest absolute Gasteiger partial charge is 0.132 e. The number of thioether (sulfide) groups is 1. The first-order chi connectivity index (χ1) is 9.16. The van der Waals surface area contributed by atoms with Gasteiger partial charge in [-0.1, -0.05) is 6.07 Å². The van der Waals surface area contributed by atoms with Gasteiger partial charge in [0, 0.05) is 15.5 Å².